The summed E-state index contributed by atoms with van der Waals surface area (Å²) < 4.78 is 8.20. The predicted octanol–water partition coefficient (Wildman–Crippen LogP) is 4.52. The molecule has 0 aliphatic carbocycles. The van der Waals surface area contributed by atoms with Crippen LogP contribution in [0.1, 0.15) is 38.1 Å². The van der Waals surface area contributed by atoms with E-state index in [1.165, 1.54) is 0 Å². The Morgan fingerprint density at radius 3 is 2.59 bits per heavy atom. The molecule has 3 rings (SSSR count). The molecular weight excluding hydrogens is 362 g/mol. The highest BCUT2D eigenvalue weighted by atomic mass is 16.5. The second kappa shape index (κ2) is 10.1. The number of nitrogens with zero attached hydrogens (tertiary/aromatic N) is 2. The zero-order chi connectivity index (χ0) is 20.6. The molecule has 0 aliphatic heterocycles. The number of hydrogen-bond donors (Lipinski definition) is 1. The molecule has 0 atom stereocenters. The average Bonchev–Trinajstić information content (AvgIpc) is 3.08. The third-order valence-electron chi connectivity index (χ3n) is 5.40. The molecule has 1 N–H and O–H groups in total. The Kier molecular flexibility index (Phi) is 7.28. The molecule has 0 saturated heterocycles. The minimum Gasteiger partial charge on any atom is -0.491 e. The predicted molar refractivity (Wildman–Crippen MR) is 117 cm³/mol. The molecule has 0 spiro atoms. The van der Waals surface area contributed by atoms with Gasteiger partial charge in [-0.05, 0) is 43.5 Å². The van der Waals surface area contributed by atoms with Crippen molar-refractivity contribution in [3.63, 3.8) is 0 Å². The quantitative estimate of drug-likeness (QED) is 0.551. The fourth-order valence-electron chi connectivity index (χ4n) is 3.63. The molecule has 5 nitrogen and oxygen atoms in total. The van der Waals surface area contributed by atoms with Crippen LogP contribution in [-0.2, 0) is 17.8 Å². The molecular formula is C24H31N3O2. The molecule has 1 aromatic heterocycles. The van der Waals surface area contributed by atoms with Crippen LogP contribution in [0, 0.1) is 12.8 Å². The molecule has 2 aromatic carbocycles. The zero-order valence-corrected chi connectivity index (χ0v) is 17.6. The van der Waals surface area contributed by atoms with Gasteiger partial charge in [-0.3, -0.25) is 4.79 Å². The van der Waals surface area contributed by atoms with Crippen LogP contribution >= 0.6 is 0 Å². The lowest BCUT2D eigenvalue weighted by atomic mass is 10.0. The van der Waals surface area contributed by atoms with Gasteiger partial charge in [0.15, 0.2) is 0 Å². The van der Waals surface area contributed by atoms with Crippen molar-refractivity contribution < 1.29 is 9.53 Å². The molecule has 1 heterocycles. The van der Waals surface area contributed by atoms with Gasteiger partial charge in [0.1, 0.15) is 18.2 Å². The lowest BCUT2D eigenvalue weighted by molar-refractivity contribution is -0.125. The number of aryl methyl sites for hydroxylation is 1. The van der Waals surface area contributed by atoms with Crippen molar-refractivity contribution in [1.29, 1.82) is 0 Å². The third kappa shape index (κ3) is 5.17. The Morgan fingerprint density at radius 2 is 1.83 bits per heavy atom. The molecule has 0 aliphatic rings. The van der Waals surface area contributed by atoms with Gasteiger partial charge in [-0.25, -0.2) is 4.98 Å². The molecule has 154 valence electrons. The number of aromatic nitrogens is 2. The summed E-state index contributed by atoms with van der Waals surface area (Å²) in [6.07, 6.45) is 2.44. The highest BCUT2D eigenvalue weighted by molar-refractivity contribution is 5.78. The second-order valence-corrected chi connectivity index (χ2v) is 7.34. The molecule has 3 aromatic rings. The molecule has 29 heavy (non-hydrogen) atoms. The second-order valence-electron chi connectivity index (χ2n) is 7.34. The Labute approximate surface area is 173 Å². The maximum Gasteiger partial charge on any atom is 0.223 e. The number of para-hydroxylation sites is 3. The summed E-state index contributed by atoms with van der Waals surface area (Å²) in [7, 11) is 0. The van der Waals surface area contributed by atoms with Crippen molar-refractivity contribution in [2.45, 2.75) is 46.6 Å². The van der Waals surface area contributed by atoms with Crippen molar-refractivity contribution in [3.05, 3.63) is 59.9 Å². The normalized spacial score (nSPS) is 11.2. The number of rotatable bonds is 10. The minimum absolute atomic E-state index is 0.0938. The standard InChI is InChI=1S/C24H31N3O2/c1-4-19(5-2)24(28)25-15-14-23-26-20-11-7-8-12-21(20)27(23)16-17-29-22-13-9-6-10-18(22)3/h6-13,19H,4-5,14-17H2,1-3H3,(H,25,28). The molecule has 0 bridgehead atoms. The Morgan fingerprint density at radius 1 is 1.10 bits per heavy atom. The van der Waals surface area contributed by atoms with E-state index >= 15 is 0 Å². The lowest BCUT2D eigenvalue weighted by Crippen LogP contribution is -2.32. The van der Waals surface area contributed by atoms with Crippen molar-refractivity contribution in [3.8, 4) is 5.75 Å². The molecule has 1 amide bonds. The van der Waals surface area contributed by atoms with E-state index < -0.39 is 0 Å². The van der Waals surface area contributed by atoms with Crippen LogP contribution in [0.15, 0.2) is 48.5 Å². The number of carbonyl (C=O) groups excluding carboxylic acids is 1. The molecule has 0 radical (unpaired) electrons. The number of ether oxygens (including phenoxy) is 1. The van der Waals surface area contributed by atoms with Crippen molar-refractivity contribution >= 4 is 16.9 Å². The van der Waals surface area contributed by atoms with Gasteiger partial charge < -0.3 is 14.6 Å². The van der Waals surface area contributed by atoms with Crippen LogP contribution in [0.25, 0.3) is 11.0 Å². The van der Waals surface area contributed by atoms with E-state index in [1.54, 1.807) is 0 Å². The van der Waals surface area contributed by atoms with Gasteiger partial charge in [0, 0.05) is 18.9 Å². The van der Waals surface area contributed by atoms with Gasteiger partial charge >= 0.3 is 0 Å². The molecule has 5 heteroatoms. The van der Waals surface area contributed by atoms with Crippen LogP contribution in [-0.4, -0.2) is 28.6 Å². The fraction of sp³-hybridized carbons (Fsp3) is 0.417. The first-order valence-corrected chi connectivity index (χ1v) is 10.5. The number of nitrogens with one attached hydrogen (secondary N) is 1. The number of fused-ring (bicyclic) bond motifs is 1. The monoisotopic (exact) mass is 393 g/mol. The highest BCUT2D eigenvalue weighted by Gasteiger charge is 2.15. The summed E-state index contributed by atoms with van der Waals surface area (Å²) >= 11 is 0. The Balaban J connectivity index is 1.67. The number of carbonyl (C=O) groups is 1. The van der Waals surface area contributed by atoms with E-state index in [9.17, 15) is 4.79 Å². The largest absolute Gasteiger partial charge is 0.491 e. The van der Waals surface area contributed by atoms with Crippen molar-refractivity contribution in [1.82, 2.24) is 14.9 Å². The highest BCUT2D eigenvalue weighted by Crippen LogP contribution is 2.19. The van der Waals surface area contributed by atoms with Gasteiger partial charge in [-0.1, -0.05) is 44.2 Å². The van der Waals surface area contributed by atoms with E-state index in [2.05, 4.69) is 42.8 Å². The van der Waals surface area contributed by atoms with Gasteiger partial charge in [0.05, 0.1) is 17.6 Å². The summed E-state index contributed by atoms with van der Waals surface area (Å²) in [5.74, 6) is 2.12. The van der Waals surface area contributed by atoms with Gasteiger partial charge in [-0.15, -0.1) is 0 Å². The summed E-state index contributed by atoms with van der Waals surface area (Å²) in [6.45, 7) is 8.04. The van der Waals surface area contributed by atoms with Gasteiger partial charge in [0.2, 0.25) is 5.91 Å². The van der Waals surface area contributed by atoms with E-state index in [0.29, 0.717) is 26.1 Å². The van der Waals surface area contributed by atoms with Gasteiger partial charge in [-0.2, -0.15) is 0 Å². The number of amides is 1. The van der Waals surface area contributed by atoms with E-state index in [0.717, 1.165) is 41.0 Å². The zero-order valence-electron chi connectivity index (χ0n) is 17.6. The van der Waals surface area contributed by atoms with Crippen LogP contribution < -0.4 is 10.1 Å². The number of benzene rings is 2. The summed E-state index contributed by atoms with van der Waals surface area (Å²) in [5, 5.41) is 3.07. The first-order chi connectivity index (χ1) is 14.1. The minimum atomic E-state index is 0.0938. The smallest absolute Gasteiger partial charge is 0.223 e. The fourth-order valence-corrected chi connectivity index (χ4v) is 3.63. The van der Waals surface area contributed by atoms with Crippen LogP contribution in [0.5, 0.6) is 5.75 Å². The lowest BCUT2D eigenvalue weighted by Gasteiger charge is -2.14. The van der Waals surface area contributed by atoms with E-state index in [1.807, 2.05) is 36.4 Å². The van der Waals surface area contributed by atoms with Crippen LogP contribution in [0.2, 0.25) is 0 Å². The maximum absolute atomic E-state index is 12.3. The first kappa shape index (κ1) is 20.9. The van der Waals surface area contributed by atoms with E-state index in [-0.39, 0.29) is 11.8 Å². The van der Waals surface area contributed by atoms with Crippen molar-refractivity contribution in [2.75, 3.05) is 13.2 Å². The summed E-state index contributed by atoms with van der Waals surface area (Å²) in [6, 6.07) is 16.2. The Hall–Kier alpha value is -2.82. The molecule has 0 saturated carbocycles. The maximum atomic E-state index is 12.3. The average molecular weight is 394 g/mol. The third-order valence-corrected chi connectivity index (χ3v) is 5.40. The SMILES string of the molecule is CCC(CC)C(=O)NCCc1nc2ccccc2n1CCOc1ccccc1C. The number of imidazole rings is 1. The first-order valence-electron chi connectivity index (χ1n) is 10.5. The van der Waals surface area contributed by atoms with Crippen LogP contribution in [0.4, 0.5) is 0 Å². The van der Waals surface area contributed by atoms with Crippen molar-refractivity contribution in [2.24, 2.45) is 5.92 Å². The molecule has 0 fully saturated rings. The van der Waals surface area contributed by atoms with Crippen LogP contribution in [0.3, 0.4) is 0 Å². The summed E-state index contributed by atoms with van der Waals surface area (Å²) in [4.78, 5) is 17.0. The van der Waals surface area contributed by atoms with Gasteiger partial charge in [0.25, 0.3) is 0 Å². The van der Waals surface area contributed by atoms with E-state index in [4.69, 9.17) is 9.72 Å². The topological polar surface area (TPSA) is 56.2 Å². The summed E-state index contributed by atoms with van der Waals surface area (Å²) in [5.41, 5.74) is 3.21. The molecule has 0 unspecified atom stereocenters. The Bertz CT molecular complexity index is 944. The number of hydrogen-bond acceptors (Lipinski definition) is 3.